The molecular formula is C12H12F3NO. The van der Waals surface area contributed by atoms with E-state index in [1.54, 1.807) is 6.07 Å². The first-order valence-corrected chi connectivity index (χ1v) is 5.29. The van der Waals surface area contributed by atoms with E-state index < -0.39 is 6.36 Å². The maximum atomic E-state index is 12.1. The molecule has 0 amide bonds. The van der Waals surface area contributed by atoms with Crippen molar-refractivity contribution in [3.8, 4) is 5.75 Å². The molecule has 1 aromatic carbocycles. The van der Waals surface area contributed by atoms with Crippen LogP contribution in [-0.4, -0.2) is 12.1 Å². The Balaban J connectivity index is 2.31. The average Bonchev–Trinajstić information content (AvgIpc) is 2.18. The molecule has 1 aromatic rings. The summed E-state index contributed by atoms with van der Waals surface area (Å²) in [6, 6.07) is 4.30. The number of benzene rings is 1. The van der Waals surface area contributed by atoms with Gasteiger partial charge in [-0.2, -0.15) is 0 Å². The van der Waals surface area contributed by atoms with E-state index in [0.717, 1.165) is 17.7 Å². The quantitative estimate of drug-likeness (QED) is 0.733. The normalized spacial score (nSPS) is 19.6. The van der Waals surface area contributed by atoms with Gasteiger partial charge in [-0.05, 0) is 30.9 Å². The van der Waals surface area contributed by atoms with Gasteiger partial charge in [0.1, 0.15) is 5.75 Å². The Labute approximate surface area is 97.1 Å². The van der Waals surface area contributed by atoms with Gasteiger partial charge in [0.25, 0.3) is 0 Å². The van der Waals surface area contributed by atoms with Crippen molar-refractivity contribution in [3.63, 3.8) is 0 Å². The van der Waals surface area contributed by atoms with Crippen molar-refractivity contribution in [2.75, 3.05) is 0 Å². The molecule has 0 saturated carbocycles. The molecule has 1 heterocycles. The average molecular weight is 243 g/mol. The highest BCUT2D eigenvalue weighted by Crippen LogP contribution is 2.33. The van der Waals surface area contributed by atoms with Crippen LogP contribution >= 0.6 is 0 Å². The van der Waals surface area contributed by atoms with Crippen molar-refractivity contribution >= 4 is 11.4 Å². The van der Waals surface area contributed by atoms with E-state index in [1.807, 2.05) is 13.8 Å². The highest BCUT2D eigenvalue weighted by molar-refractivity contribution is 5.89. The monoisotopic (exact) mass is 243 g/mol. The third-order valence-corrected chi connectivity index (χ3v) is 2.83. The molecule has 92 valence electrons. The Morgan fingerprint density at radius 1 is 1.35 bits per heavy atom. The van der Waals surface area contributed by atoms with Gasteiger partial charge in [-0.15, -0.1) is 13.2 Å². The van der Waals surface area contributed by atoms with Crippen molar-refractivity contribution in [2.24, 2.45) is 10.9 Å². The van der Waals surface area contributed by atoms with Crippen LogP contribution < -0.4 is 4.74 Å². The highest BCUT2D eigenvalue weighted by atomic mass is 19.4. The lowest BCUT2D eigenvalue weighted by atomic mass is 9.93. The third kappa shape index (κ3) is 2.78. The number of rotatable bonds is 1. The Morgan fingerprint density at radius 2 is 2.06 bits per heavy atom. The molecule has 0 saturated heterocycles. The van der Waals surface area contributed by atoms with Crippen LogP contribution in [0.2, 0.25) is 0 Å². The van der Waals surface area contributed by atoms with Crippen LogP contribution in [0.25, 0.3) is 0 Å². The Kier molecular flexibility index (Phi) is 2.85. The zero-order valence-corrected chi connectivity index (χ0v) is 9.51. The molecule has 2 nitrogen and oxygen atoms in total. The fourth-order valence-corrected chi connectivity index (χ4v) is 1.80. The summed E-state index contributed by atoms with van der Waals surface area (Å²) in [6.07, 6.45) is -3.86. The lowest BCUT2D eigenvalue weighted by Gasteiger charge is -2.20. The largest absolute Gasteiger partial charge is 0.573 e. The summed E-state index contributed by atoms with van der Waals surface area (Å²) in [6.45, 7) is 3.92. The summed E-state index contributed by atoms with van der Waals surface area (Å²) < 4.78 is 40.0. The van der Waals surface area contributed by atoms with Crippen LogP contribution in [0.4, 0.5) is 18.9 Å². The third-order valence-electron chi connectivity index (χ3n) is 2.83. The summed E-state index contributed by atoms with van der Waals surface area (Å²) in [5.74, 6) is 0.110. The van der Waals surface area contributed by atoms with Crippen LogP contribution in [0.3, 0.4) is 0 Å². The van der Waals surface area contributed by atoms with Gasteiger partial charge < -0.3 is 4.74 Å². The molecule has 2 rings (SSSR count). The Bertz CT molecular complexity index is 465. The standard InChI is InChI=1S/C12H12F3NO/c1-7-5-9-3-4-10(17-12(13,14)15)6-11(9)16-8(7)2/h3-4,6-7H,5H2,1-2H3/t7-/m0/s1. The second-order valence-corrected chi connectivity index (χ2v) is 4.20. The molecule has 0 spiro atoms. The van der Waals surface area contributed by atoms with Gasteiger partial charge in [-0.25, -0.2) is 0 Å². The number of hydrogen-bond acceptors (Lipinski definition) is 2. The predicted molar refractivity (Wildman–Crippen MR) is 58.8 cm³/mol. The van der Waals surface area contributed by atoms with Crippen LogP contribution in [0.15, 0.2) is 23.2 Å². The molecular weight excluding hydrogens is 231 g/mol. The van der Waals surface area contributed by atoms with Crippen molar-refractivity contribution in [2.45, 2.75) is 26.6 Å². The Morgan fingerprint density at radius 3 is 2.71 bits per heavy atom. The van der Waals surface area contributed by atoms with E-state index in [-0.39, 0.29) is 5.75 Å². The lowest BCUT2D eigenvalue weighted by Crippen LogP contribution is -2.18. The summed E-state index contributed by atoms with van der Waals surface area (Å²) in [4.78, 5) is 4.29. The van der Waals surface area contributed by atoms with Gasteiger partial charge in [-0.1, -0.05) is 13.0 Å². The number of nitrogens with zero attached hydrogens (tertiary/aromatic N) is 1. The summed E-state index contributed by atoms with van der Waals surface area (Å²) in [5, 5.41) is 0. The van der Waals surface area contributed by atoms with Gasteiger partial charge >= 0.3 is 6.36 Å². The molecule has 1 aliphatic rings. The highest BCUT2D eigenvalue weighted by Gasteiger charge is 2.31. The van der Waals surface area contributed by atoms with E-state index in [2.05, 4.69) is 9.73 Å². The van der Waals surface area contributed by atoms with Gasteiger partial charge in [0.2, 0.25) is 0 Å². The molecule has 1 aliphatic heterocycles. The zero-order chi connectivity index (χ0) is 12.6. The van der Waals surface area contributed by atoms with E-state index in [9.17, 15) is 13.2 Å². The molecule has 0 bridgehead atoms. The van der Waals surface area contributed by atoms with E-state index in [0.29, 0.717) is 11.6 Å². The predicted octanol–water partition coefficient (Wildman–Crippen LogP) is 3.87. The second kappa shape index (κ2) is 4.05. The molecule has 0 fully saturated rings. The molecule has 0 unspecified atom stereocenters. The van der Waals surface area contributed by atoms with Crippen LogP contribution in [0.5, 0.6) is 5.75 Å². The lowest BCUT2D eigenvalue weighted by molar-refractivity contribution is -0.274. The first kappa shape index (κ1) is 12.0. The number of alkyl halides is 3. The van der Waals surface area contributed by atoms with Gasteiger partial charge in [0.15, 0.2) is 0 Å². The van der Waals surface area contributed by atoms with Gasteiger partial charge in [0.05, 0.1) is 5.69 Å². The number of fused-ring (bicyclic) bond motifs is 1. The van der Waals surface area contributed by atoms with Crippen molar-refractivity contribution in [1.29, 1.82) is 0 Å². The van der Waals surface area contributed by atoms with Crippen LogP contribution in [0.1, 0.15) is 19.4 Å². The number of ether oxygens (including phenoxy) is 1. The van der Waals surface area contributed by atoms with E-state index in [4.69, 9.17) is 0 Å². The second-order valence-electron chi connectivity index (χ2n) is 4.20. The smallest absolute Gasteiger partial charge is 0.406 e. The minimum Gasteiger partial charge on any atom is -0.406 e. The first-order chi connectivity index (χ1) is 7.85. The van der Waals surface area contributed by atoms with Gasteiger partial charge in [0, 0.05) is 11.8 Å². The number of aliphatic imine (C=N–C) groups is 1. The molecule has 5 heteroatoms. The number of hydrogen-bond donors (Lipinski definition) is 0. The van der Waals surface area contributed by atoms with Crippen LogP contribution in [-0.2, 0) is 6.42 Å². The maximum Gasteiger partial charge on any atom is 0.573 e. The van der Waals surface area contributed by atoms with E-state index >= 15 is 0 Å². The molecule has 17 heavy (non-hydrogen) atoms. The molecule has 0 radical (unpaired) electrons. The van der Waals surface area contributed by atoms with Crippen molar-refractivity contribution in [1.82, 2.24) is 0 Å². The first-order valence-electron chi connectivity index (χ1n) is 5.29. The SMILES string of the molecule is CC1=Nc2cc(OC(F)(F)F)ccc2C[C@@H]1C. The molecule has 0 aromatic heterocycles. The van der Waals surface area contributed by atoms with E-state index in [1.165, 1.54) is 12.1 Å². The minimum absolute atomic E-state index is 0.220. The topological polar surface area (TPSA) is 21.6 Å². The fraction of sp³-hybridized carbons (Fsp3) is 0.417. The number of halogens is 3. The summed E-state index contributed by atoms with van der Waals surface area (Å²) in [7, 11) is 0. The van der Waals surface area contributed by atoms with Crippen molar-refractivity contribution < 1.29 is 17.9 Å². The molecule has 0 aliphatic carbocycles. The van der Waals surface area contributed by atoms with Gasteiger partial charge in [-0.3, -0.25) is 4.99 Å². The molecule has 0 N–H and O–H groups in total. The summed E-state index contributed by atoms with van der Waals surface area (Å²) in [5.41, 5.74) is 2.46. The van der Waals surface area contributed by atoms with Crippen molar-refractivity contribution in [3.05, 3.63) is 23.8 Å². The minimum atomic E-state index is -4.66. The molecule has 1 atom stereocenters. The summed E-state index contributed by atoms with van der Waals surface area (Å²) >= 11 is 0. The Hall–Kier alpha value is -1.52. The zero-order valence-electron chi connectivity index (χ0n) is 9.51. The fourth-order valence-electron chi connectivity index (χ4n) is 1.80. The maximum absolute atomic E-state index is 12.1. The van der Waals surface area contributed by atoms with Crippen LogP contribution in [0, 0.1) is 5.92 Å².